The molecule has 0 aliphatic carbocycles. The Hall–Kier alpha value is -1.79. The molecule has 3 atom stereocenters. The third-order valence-corrected chi connectivity index (χ3v) is 5.02. The second-order valence-corrected chi connectivity index (χ2v) is 6.86. The average molecular weight is 349 g/mol. The number of ether oxygens (including phenoxy) is 2. The molecule has 0 radical (unpaired) electrons. The first-order chi connectivity index (χ1) is 11.9. The van der Waals surface area contributed by atoms with E-state index >= 15 is 0 Å². The molecular weight excluding hydrogens is 318 g/mol. The smallest absolute Gasteiger partial charge is 0.237 e. The normalized spacial score (nSPS) is 21.4. The molecule has 1 aliphatic rings. The SMILES string of the molecule is COc1ccc(OC)c([C@H](C)NC(=O)[C@@H](C)N2CCN(C)C[C@H]2C)c1. The average Bonchev–Trinajstić information content (AvgIpc) is 2.60. The summed E-state index contributed by atoms with van der Waals surface area (Å²) in [6.07, 6.45) is 0. The lowest BCUT2D eigenvalue weighted by Gasteiger charge is -2.41. The van der Waals surface area contributed by atoms with Crippen molar-refractivity contribution in [2.24, 2.45) is 0 Å². The molecule has 1 N–H and O–H groups in total. The second-order valence-electron chi connectivity index (χ2n) is 6.86. The van der Waals surface area contributed by atoms with E-state index < -0.39 is 0 Å². The Kier molecular flexibility index (Phi) is 6.67. The fourth-order valence-corrected chi connectivity index (χ4v) is 3.47. The molecule has 1 aromatic rings. The van der Waals surface area contributed by atoms with Gasteiger partial charge in [0.15, 0.2) is 0 Å². The van der Waals surface area contributed by atoms with Gasteiger partial charge >= 0.3 is 0 Å². The molecule has 25 heavy (non-hydrogen) atoms. The van der Waals surface area contributed by atoms with Gasteiger partial charge in [-0.1, -0.05) is 0 Å². The number of piperazine rings is 1. The summed E-state index contributed by atoms with van der Waals surface area (Å²) in [5.74, 6) is 1.53. The summed E-state index contributed by atoms with van der Waals surface area (Å²) < 4.78 is 10.7. The highest BCUT2D eigenvalue weighted by Gasteiger charge is 2.30. The first kappa shape index (κ1) is 19.5. The van der Waals surface area contributed by atoms with Gasteiger partial charge in [-0.2, -0.15) is 0 Å². The molecular formula is C19H31N3O3. The number of nitrogens with zero attached hydrogens (tertiary/aromatic N) is 2. The largest absolute Gasteiger partial charge is 0.497 e. The van der Waals surface area contributed by atoms with E-state index in [1.807, 2.05) is 32.0 Å². The summed E-state index contributed by atoms with van der Waals surface area (Å²) >= 11 is 0. The predicted molar refractivity (Wildman–Crippen MR) is 99.2 cm³/mol. The van der Waals surface area contributed by atoms with Crippen LogP contribution < -0.4 is 14.8 Å². The number of nitrogens with one attached hydrogen (secondary N) is 1. The van der Waals surface area contributed by atoms with Gasteiger partial charge in [-0.15, -0.1) is 0 Å². The second kappa shape index (κ2) is 8.54. The van der Waals surface area contributed by atoms with Crippen LogP contribution in [0.25, 0.3) is 0 Å². The van der Waals surface area contributed by atoms with Crippen molar-refractivity contribution in [2.75, 3.05) is 40.9 Å². The number of hydrogen-bond acceptors (Lipinski definition) is 5. The summed E-state index contributed by atoms with van der Waals surface area (Å²) in [6.45, 7) is 9.00. The van der Waals surface area contributed by atoms with Gasteiger partial charge in [-0.25, -0.2) is 0 Å². The quantitative estimate of drug-likeness (QED) is 0.850. The molecule has 1 amide bonds. The Balaban J connectivity index is 2.07. The van der Waals surface area contributed by atoms with Crippen LogP contribution in [-0.2, 0) is 4.79 Å². The van der Waals surface area contributed by atoms with Crippen LogP contribution in [0.3, 0.4) is 0 Å². The van der Waals surface area contributed by atoms with Gasteiger partial charge in [0, 0.05) is 31.2 Å². The number of rotatable bonds is 6. The summed E-state index contributed by atoms with van der Waals surface area (Å²) in [4.78, 5) is 17.3. The lowest BCUT2D eigenvalue weighted by atomic mass is 10.1. The highest BCUT2D eigenvalue weighted by Crippen LogP contribution is 2.29. The number of methoxy groups -OCH3 is 2. The fraction of sp³-hybridized carbons (Fsp3) is 0.632. The van der Waals surface area contributed by atoms with Gasteiger partial charge in [0.25, 0.3) is 0 Å². The molecule has 1 saturated heterocycles. The molecule has 1 aliphatic heterocycles. The molecule has 0 spiro atoms. The minimum Gasteiger partial charge on any atom is -0.497 e. The molecule has 0 saturated carbocycles. The van der Waals surface area contributed by atoms with Crippen molar-refractivity contribution >= 4 is 5.91 Å². The first-order valence-electron chi connectivity index (χ1n) is 8.84. The number of hydrogen-bond donors (Lipinski definition) is 1. The number of carbonyl (C=O) groups excluding carboxylic acids is 1. The Labute approximate surface area is 151 Å². The van der Waals surface area contributed by atoms with Gasteiger partial charge in [0.2, 0.25) is 5.91 Å². The van der Waals surface area contributed by atoms with E-state index in [0.29, 0.717) is 6.04 Å². The zero-order valence-corrected chi connectivity index (χ0v) is 16.2. The van der Waals surface area contributed by atoms with Crippen LogP contribution in [-0.4, -0.2) is 68.7 Å². The van der Waals surface area contributed by atoms with E-state index in [-0.39, 0.29) is 18.0 Å². The van der Waals surface area contributed by atoms with Crippen molar-refractivity contribution in [3.8, 4) is 11.5 Å². The van der Waals surface area contributed by atoms with Crippen LogP contribution in [0, 0.1) is 0 Å². The third-order valence-electron chi connectivity index (χ3n) is 5.02. The standard InChI is InChI=1S/C19H31N3O3/c1-13-12-21(4)9-10-22(13)15(3)19(23)20-14(2)17-11-16(24-5)7-8-18(17)25-6/h7-8,11,13-15H,9-10,12H2,1-6H3,(H,20,23)/t13-,14+,15-/m1/s1. The van der Waals surface area contributed by atoms with E-state index in [2.05, 4.69) is 29.1 Å². The van der Waals surface area contributed by atoms with Gasteiger partial charge in [-0.05, 0) is 46.0 Å². The fourth-order valence-electron chi connectivity index (χ4n) is 3.47. The van der Waals surface area contributed by atoms with Crippen LogP contribution >= 0.6 is 0 Å². The third kappa shape index (κ3) is 4.64. The van der Waals surface area contributed by atoms with Crippen LogP contribution in [0.5, 0.6) is 11.5 Å². The minimum atomic E-state index is -0.164. The monoisotopic (exact) mass is 349 g/mol. The maximum absolute atomic E-state index is 12.8. The van der Waals surface area contributed by atoms with Crippen molar-refractivity contribution in [3.05, 3.63) is 23.8 Å². The molecule has 6 heteroatoms. The molecule has 0 aromatic heterocycles. The molecule has 140 valence electrons. The van der Waals surface area contributed by atoms with Crippen molar-refractivity contribution in [2.45, 2.75) is 38.9 Å². The molecule has 2 rings (SSSR count). The van der Waals surface area contributed by atoms with Gasteiger partial charge in [-0.3, -0.25) is 9.69 Å². The molecule has 0 bridgehead atoms. The van der Waals surface area contributed by atoms with E-state index in [1.165, 1.54) is 0 Å². The van der Waals surface area contributed by atoms with Crippen molar-refractivity contribution in [3.63, 3.8) is 0 Å². The Morgan fingerprint density at radius 1 is 1.24 bits per heavy atom. The van der Waals surface area contributed by atoms with Crippen LogP contribution in [0.15, 0.2) is 18.2 Å². The van der Waals surface area contributed by atoms with Gasteiger partial charge in [0.1, 0.15) is 11.5 Å². The van der Waals surface area contributed by atoms with Crippen LogP contribution in [0.4, 0.5) is 0 Å². The molecule has 1 fully saturated rings. The number of carbonyl (C=O) groups is 1. The number of benzene rings is 1. The maximum atomic E-state index is 12.8. The highest BCUT2D eigenvalue weighted by molar-refractivity contribution is 5.82. The lowest BCUT2D eigenvalue weighted by molar-refractivity contribution is -0.128. The zero-order chi connectivity index (χ0) is 18.6. The number of amides is 1. The lowest BCUT2D eigenvalue weighted by Crippen LogP contribution is -2.57. The van der Waals surface area contributed by atoms with Crippen LogP contribution in [0.2, 0.25) is 0 Å². The topological polar surface area (TPSA) is 54.0 Å². The zero-order valence-electron chi connectivity index (χ0n) is 16.2. The predicted octanol–water partition coefficient (Wildman–Crippen LogP) is 1.91. The summed E-state index contributed by atoms with van der Waals surface area (Å²) in [6, 6.07) is 5.66. The van der Waals surface area contributed by atoms with E-state index in [1.54, 1.807) is 14.2 Å². The molecule has 1 heterocycles. The summed E-state index contributed by atoms with van der Waals surface area (Å²) in [5.41, 5.74) is 0.911. The van der Waals surface area contributed by atoms with Gasteiger partial charge < -0.3 is 19.7 Å². The minimum absolute atomic E-state index is 0.0359. The van der Waals surface area contributed by atoms with Crippen molar-refractivity contribution < 1.29 is 14.3 Å². The Morgan fingerprint density at radius 3 is 2.56 bits per heavy atom. The van der Waals surface area contributed by atoms with Crippen LogP contribution in [0.1, 0.15) is 32.4 Å². The Morgan fingerprint density at radius 2 is 1.96 bits per heavy atom. The Bertz CT molecular complexity index is 593. The van der Waals surface area contributed by atoms with Gasteiger partial charge in [0.05, 0.1) is 26.3 Å². The summed E-state index contributed by atoms with van der Waals surface area (Å²) in [5, 5.41) is 3.12. The highest BCUT2D eigenvalue weighted by atomic mass is 16.5. The molecule has 0 unspecified atom stereocenters. The van der Waals surface area contributed by atoms with E-state index in [9.17, 15) is 4.79 Å². The number of likely N-dealkylation sites (N-methyl/N-ethyl adjacent to an activating group) is 1. The molecule has 6 nitrogen and oxygen atoms in total. The maximum Gasteiger partial charge on any atom is 0.237 e. The van der Waals surface area contributed by atoms with E-state index in [0.717, 1.165) is 36.7 Å². The first-order valence-corrected chi connectivity index (χ1v) is 8.84. The molecule has 1 aromatic carbocycles. The van der Waals surface area contributed by atoms with E-state index in [4.69, 9.17) is 9.47 Å². The van der Waals surface area contributed by atoms with Crippen molar-refractivity contribution in [1.82, 2.24) is 15.1 Å². The van der Waals surface area contributed by atoms with Crippen molar-refractivity contribution in [1.29, 1.82) is 0 Å². The summed E-state index contributed by atoms with van der Waals surface area (Å²) in [7, 11) is 5.38.